The topological polar surface area (TPSA) is 31.4 Å². The fourth-order valence-electron chi connectivity index (χ4n) is 4.13. The highest BCUT2D eigenvalue weighted by atomic mass is 35.5. The van der Waals surface area contributed by atoms with Crippen molar-refractivity contribution in [3.63, 3.8) is 0 Å². The van der Waals surface area contributed by atoms with E-state index < -0.39 is 8.32 Å². The highest BCUT2D eigenvalue weighted by Gasteiger charge is 2.36. The van der Waals surface area contributed by atoms with Crippen molar-refractivity contribution in [1.82, 2.24) is 4.98 Å². The van der Waals surface area contributed by atoms with Crippen LogP contribution in [-0.4, -0.2) is 32.8 Å². The molecular formula is C29H42ClNO2SSi. The van der Waals surface area contributed by atoms with Crippen molar-refractivity contribution in [2.75, 3.05) is 19.5 Å². The minimum Gasteiger partial charge on any atom is -0.481 e. The number of nitrogens with zero attached hydrogens (tertiary/aromatic N) is 1. The third-order valence-corrected chi connectivity index (χ3v) is 13.5. The number of halogens is 1. The van der Waals surface area contributed by atoms with Crippen LogP contribution in [0.1, 0.15) is 69.7 Å². The van der Waals surface area contributed by atoms with Crippen molar-refractivity contribution in [3.8, 4) is 5.88 Å². The van der Waals surface area contributed by atoms with E-state index in [1.807, 2.05) is 18.7 Å². The van der Waals surface area contributed by atoms with Gasteiger partial charge in [0.25, 0.3) is 0 Å². The fourth-order valence-corrected chi connectivity index (χ4v) is 6.40. The zero-order chi connectivity index (χ0) is 25.6. The number of benzene rings is 1. The zero-order valence-corrected chi connectivity index (χ0v) is 25.1. The molecule has 2 aromatic rings. The summed E-state index contributed by atoms with van der Waals surface area (Å²) in [6, 6.07) is 10.6. The number of hydrogen-bond donors (Lipinski definition) is 0. The van der Waals surface area contributed by atoms with Crippen LogP contribution >= 0.6 is 23.4 Å². The number of aromatic nitrogens is 1. The van der Waals surface area contributed by atoms with Crippen molar-refractivity contribution >= 4 is 37.3 Å². The molecule has 3 rings (SSSR count). The van der Waals surface area contributed by atoms with Gasteiger partial charge in [0.05, 0.1) is 17.8 Å². The van der Waals surface area contributed by atoms with Crippen LogP contribution in [-0.2, 0) is 4.43 Å². The van der Waals surface area contributed by atoms with E-state index in [0.29, 0.717) is 11.8 Å². The van der Waals surface area contributed by atoms with Gasteiger partial charge in [0.2, 0.25) is 5.88 Å². The predicted molar refractivity (Wildman–Crippen MR) is 155 cm³/mol. The van der Waals surface area contributed by atoms with E-state index >= 15 is 0 Å². The van der Waals surface area contributed by atoms with Crippen LogP contribution in [0.4, 0.5) is 0 Å². The lowest BCUT2D eigenvalue weighted by molar-refractivity contribution is 0.289. The van der Waals surface area contributed by atoms with Gasteiger partial charge in [0, 0.05) is 28.4 Å². The van der Waals surface area contributed by atoms with Gasteiger partial charge in [-0.3, -0.25) is 0 Å². The molecule has 35 heavy (non-hydrogen) atoms. The molecule has 0 atom stereocenters. The van der Waals surface area contributed by atoms with E-state index in [9.17, 15) is 0 Å². The number of pyridine rings is 1. The molecule has 1 aromatic heterocycles. The Balaban J connectivity index is 1.72. The maximum absolute atomic E-state index is 6.79. The Kier molecular flexibility index (Phi) is 9.96. The van der Waals surface area contributed by atoms with Crippen LogP contribution < -0.4 is 4.74 Å². The van der Waals surface area contributed by atoms with Gasteiger partial charge >= 0.3 is 0 Å². The van der Waals surface area contributed by atoms with Crippen molar-refractivity contribution in [2.45, 2.75) is 82.8 Å². The van der Waals surface area contributed by atoms with Gasteiger partial charge in [-0.2, -0.15) is 0 Å². The second-order valence-corrected chi connectivity index (χ2v) is 17.5. The number of rotatable bonds is 10. The summed E-state index contributed by atoms with van der Waals surface area (Å²) in [6.07, 6.45) is 8.51. The first-order valence-electron chi connectivity index (χ1n) is 12.8. The molecule has 0 unspecified atom stereocenters. The molecule has 1 aliphatic carbocycles. The van der Waals surface area contributed by atoms with Crippen LogP contribution in [0, 0.1) is 12.8 Å². The number of thioether (sulfide) groups is 1. The van der Waals surface area contributed by atoms with E-state index in [-0.39, 0.29) is 5.04 Å². The van der Waals surface area contributed by atoms with Crippen LogP contribution in [0.25, 0.3) is 5.57 Å². The predicted octanol–water partition coefficient (Wildman–Crippen LogP) is 9.18. The van der Waals surface area contributed by atoms with Gasteiger partial charge in [-0.25, -0.2) is 4.98 Å². The summed E-state index contributed by atoms with van der Waals surface area (Å²) in [5.74, 6) is 2.26. The average molecular weight is 532 g/mol. The lowest BCUT2D eigenvalue weighted by Gasteiger charge is -2.36. The van der Waals surface area contributed by atoms with Crippen LogP contribution in [0.2, 0.25) is 23.2 Å². The summed E-state index contributed by atoms with van der Waals surface area (Å²) < 4.78 is 11.8. The Morgan fingerprint density at radius 1 is 1.17 bits per heavy atom. The van der Waals surface area contributed by atoms with E-state index in [1.165, 1.54) is 25.7 Å². The van der Waals surface area contributed by atoms with E-state index in [1.54, 1.807) is 7.11 Å². The third-order valence-electron chi connectivity index (χ3n) is 7.38. The van der Waals surface area contributed by atoms with Crippen molar-refractivity contribution in [3.05, 3.63) is 58.3 Å². The van der Waals surface area contributed by atoms with E-state index in [2.05, 4.69) is 70.3 Å². The normalized spacial score (nSPS) is 15.6. The molecule has 1 aromatic carbocycles. The Morgan fingerprint density at radius 3 is 2.51 bits per heavy atom. The van der Waals surface area contributed by atoms with E-state index in [4.69, 9.17) is 25.7 Å². The van der Waals surface area contributed by atoms with Crippen molar-refractivity contribution in [1.29, 1.82) is 0 Å². The first-order valence-corrected chi connectivity index (χ1v) is 17.1. The zero-order valence-electron chi connectivity index (χ0n) is 22.5. The van der Waals surface area contributed by atoms with Crippen LogP contribution in [0.3, 0.4) is 0 Å². The Morgan fingerprint density at radius 2 is 1.89 bits per heavy atom. The quantitative estimate of drug-likeness (QED) is 0.174. The molecule has 0 spiro atoms. The SMILES string of the molecule is COc1nc(/C(=C\C2CCCC2)c2ccc(SCCCO[Si](C)(C)C(C)(C)C)c(Cl)c2)ccc1C. The lowest BCUT2D eigenvalue weighted by Crippen LogP contribution is -2.41. The molecule has 0 saturated heterocycles. The number of ether oxygens (including phenoxy) is 1. The maximum Gasteiger partial charge on any atom is 0.216 e. The monoisotopic (exact) mass is 531 g/mol. The minimum atomic E-state index is -1.68. The fraction of sp³-hybridized carbons (Fsp3) is 0.552. The number of hydrogen-bond acceptors (Lipinski definition) is 4. The summed E-state index contributed by atoms with van der Waals surface area (Å²) in [5.41, 5.74) is 4.25. The second kappa shape index (κ2) is 12.3. The smallest absolute Gasteiger partial charge is 0.216 e. The highest BCUT2D eigenvalue weighted by Crippen LogP contribution is 2.38. The number of methoxy groups -OCH3 is 1. The molecule has 6 heteroatoms. The lowest BCUT2D eigenvalue weighted by atomic mass is 9.96. The minimum absolute atomic E-state index is 0.249. The number of allylic oxidation sites excluding steroid dienone is 1. The number of aryl methyl sites for hydroxylation is 1. The largest absolute Gasteiger partial charge is 0.481 e. The standard InChI is InChI=1S/C29H42ClNO2SSi/c1-21-13-15-26(31-28(21)32-5)24(19-22-11-8-9-12-22)23-14-16-27(25(30)20-23)34-18-10-17-33-35(6,7)29(2,3)4/h13-16,19-20,22H,8-12,17-18H2,1-7H3/b24-19-. The molecule has 0 amide bonds. The van der Waals surface area contributed by atoms with Gasteiger partial charge < -0.3 is 9.16 Å². The molecule has 0 bridgehead atoms. The summed E-state index contributed by atoms with van der Waals surface area (Å²) >= 11 is 8.60. The van der Waals surface area contributed by atoms with Gasteiger partial charge in [0.15, 0.2) is 8.32 Å². The van der Waals surface area contributed by atoms with E-state index in [0.717, 1.165) is 51.1 Å². The van der Waals surface area contributed by atoms with Crippen molar-refractivity contribution < 1.29 is 9.16 Å². The Labute approximate surface area is 223 Å². The molecule has 1 aliphatic rings. The third kappa shape index (κ3) is 7.61. The molecular weight excluding hydrogens is 490 g/mol. The molecule has 192 valence electrons. The summed E-state index contributed by atoms with van der Waals surface area (Å²) in [5, 5.41) is 1.05. The van der Waals surface area contributed by atoms with Gasteiger partial charge in [-0.15, -0.1) is 11.8 Å². The van der Waals surface area contributed by atoms with Gasteiger partial charge in [0.1, 0.15) is 0 Å². The molecule has 0 radical (unpaired) electrons. The molecule has 0 aliphatic heterocycles. The molecule has 3 nitrogen and oxygen atoms in total. The van der Waals surface area contributed by atoms with Crippen LogP contribution in [0.15, 0.2) is 41.3 Å². The summed E-state index contributed by atoms with van der Waals surface area (Å²) in [4.78, 5) is 5.94. The maximum atomic E-state index is 6.79. The molecule has 1 heterocycles. The molecule has 0 N–H and O–H groups in total. The van der Waals surface area contributed by atoms with Gasteiger partial charge in [-0.05, 0) is 74.0 Å². The van der Waals surface area contributed by atoms with Crippen LogP contribution in [0.5, 0.6) is 5.88 Å². The molecule has 1 fully saturated rings. The summed E-state index contributed by atoms with van der Waals surface area (Å²) in [7, 11) is 0.000182. The average Bonchev–Trinajstić information content (AvgIpc) is 3.31. The Bertz CT molecular complexity index is 1030. The first kappa shape index (κ1) is 28.3. The first-order chi connectivity index (χ1) is 16.5. The second-order valence-electron chi connectivity index (χ2n) is 11.1. The highest BCUT2D eigenvalue weighted by molar-refractivity contribution is 7.99. The van der Waals surface area contributed by atoms with Gasteiger partial charge in [-0.1, -0.05) is 63.4 Å². The summed E-state index contributed by atoms with van der Waals surface area (Å²) in [6.45, 7) is 14.3. The molecule has 1 saturated carbocycles. The Hall–Kier alpha value is -1.27. The van der Waals surface area contributed by atoms with Crippen molar-refractivity contribution in [2.24, 2.45) is 5.92 Å².